The van der Waals surface area contributed by atoms with E-state index in [1.807, 2.05) is 6.92 Å². The molecule has 4 nitrogen and oxygen atoms in total. The number of hydrazone groups is 1. The summed E-state index contributed by atoms with van der Waals surface area (Å²) in [7, 11) is -5.25. The summed E-state index contributed by atoms with van der Waals surface area (Å²) in [5.74, 6) is 0.660. The lowest BCUT2D eigenvalue weighted by atomic mass is 9.87. The smallest absolute Gasteiger partial charge is 0.201 e. The predicted molar refractivity (Wildman–Crippen MR) is 103 cm³/mol. The third kappa shape index (κ3) is 5.45. The number of benzene rings is 1. The van der Waals surface area contributed by atoms with Gasteiger partial charge < -0.3 is 0 Å². The normalized spacial score (nSPS) is 17.8. The van der Waals surface area contributed by atoms with Crippen molar-refractivity contribution < 1.29 is 8.42 Å². The largest absolute Gasteiger partial charge is 0.276 e. The minimum atomic E-state index is -3.59. The van der Waals surface area contributed by atoms with Crippen molar-refractivity contribution in [1.82, 2.24) is 4.83 Å². The summed E-state index contributed by atoms with van der Waals surface area (Å²) < 4.78 is 24.9. The maximum absolute atomic E-state index is 12.5. The van der Waals surface area contributed by atoms with Gasteiger partial charge in [0, 0.05) is 5.33 Å². The molecule has 1 aromatic carbocycles. The van der Waals surface area contributed by atoms with E-state index >= 15 is 0 Å². The maximum atomic E-state index is 12.5. The van der Waals surface area contributed by atoms with Gasteiger partial charge in [-0.05, 0) is 31.4 Å². The molecule has 1 N–H and O–H groups in total. The molecule has 1 fully saturated rings. The van der Waals surface area contributed by atoms with Crippen LogP contribution in [0.2, 0.25) is 19.6 Å². The lowest BCUT2D eigenvalue weighted by Gasteiger charge is -2.27. The minimum Gasteiger partial charge on any atom is -0.201 e. The van der Waals surface area contributed by atoms with E-state index in [0.717, 1.165) is 17.3 Å². The van der Waals surface area contributed by atoms with Crippen molar-refractivity contribution in [2.45, 2.75) is 70.0 Å². The van der Waals surface area contributed by atoms with E-state index in [-0.39, 0.29) is 4.90 Å². The molecule has 6 heteroatoms. The molecule has 0 heterocycles. The molecule has 0 spiro atoms. The number of sulfonamides is 1. The van der Waals surface area contributed by atoms with Crippen LogP contribution in [0.15, 0.2) is 34.3 Å². The number of nitrogens with zero attached hydrogens (tertiary/aromatic N) is 1. The van der Waals surface area contributed by atoms with Gasteiger partial charge in [-0.2, -0.15) is 13.5 Å². The van der Waals surface area contributed by atoms with Crippen molar-refractivity contribution >= 4 is 23.4 Å². The van der Waals surface area contributed by atoms with E-state index in [0.29, 0.717) is 5.92 Å². The third-order valence-electron chi connectivity index (χ3n) is 4.70. The molecule has 1 aliphatic carbocycles. The molecule has 0 aromatic heterocycles. The molecule has 0 unspecified atom stereocenters. The van der Waals surface area contributed by atoms with Crippen LogP contribution in [0.5, 0.6) is 0 Å². The molecule has 0 aliphatic heterocycles. The fraction of sp³-hybridized carbons (Fsp3) is 0.611. The van der Waals surface area contributed by atoms with Gasteiger partial charge in [0.25, 0.3) is 10.0 Å². The van der Waals surface area contributed by atoms with Crippen molar-refractivity contribution in [1.29, 1.82) is 0 Å². The predicted octanol–water partition coefficient (Wildman–Crippen LogP) is 4.48. The van der Waals surface area contributed by atoms with Crippen molar-refractivity contribution in [2.24, 2.45) is 11.0 Å². The standard InChI is InChI=1S/C18H30N2O2SSi/c1-15-10-12-17(13-11-15)23(21,22)20-19-18(24(2,3)4)14-16-8-6-5-7-9-16/h10-13,16,20H,5-9,14H2,1-4H3/b19-18-. The van der Waals surface area contributed by atoms with E-state index in [4.69, 9.17) is 0 Å². The van der Waals surface area contributed by atoms with Crippen LogP contribution < -0.4 is 4.83 Å². The number of hydrogen-bond acceptors (Lipinski definition) is 3. The average molecular weight is 367 g/mol. The summed E-state index contributed by atoms with van der Waals surface area (Å²) in [6.07, 6.45) is 7.34. The Morgan fingerprint density at radius 1 is 1.12 bits per heavy atom. The Morgan fingerprint density at radius 2 is 1.71 bits per heavy atom. The molecule has 1 aliphatic rings. The summed E-state index contributed by atoms with van der Waals surface area (Å²) in [4.78, 5) is 2.75. The van der Waals surface area contributed by atoms with Gasteiger partial charge in [-0.15, -0.1) is 0 Å². The molecule has 1 aromatic rings. The molecule has 0 amide bonds. The molecule has 24 heavy (non-hydrogen) atoms. The summed E-state index contributed by atoms with van der Waals surface area (Å²) in [6.45, 7) is 8.63. The number of hydrogen-bond donors (Lipinski definition) is 1. The summed E-state index contributed by atoms with van der Waals surface area (Å²) in [6, 6.07) is 6.87. The zero-order chi connectivity index (χ0) is 17.8. The van der Waals surface area contributed by atoms with Crippen molar-refractivity contribution in [2.75, 3.05) is 0 Å². The van der Waals surface area contributed by atoms with Gasteiger partial charge in [0.2, 0.25) is 0 Å². The van der Waals surface area contributed by atoms with Gasteiger partial charge in [0.15, 0.2) is 0 Å². The van der Waals surface area contributed by atoms with Crippen LogP contribution in [-0.4, -0.2) is 21.8 Å². The first-order valence-electron chi connectivity index (χ1n) is 8.84. The minimum absolute atomic E-state index is 0.268. The van der Waals surface area contributed by atoms with Gasteiger partial charge in [-0.3, -0.25) is 0 Å². The Kier molecular flexibility index (Phi) is 6.26. The first kappa shape index (κ1) is 19.2. The second-order valence-electron chi connectivity index (χ2n) is 7.92. The lowest BCUT2D eigenvalue weighted by Crippen LogP contribution is -2.37. The summed E-state index contributed by atoms with van der Waals surface area (Å²) in [5, 5.41) is 5.47. The van der Waals surface area contributed by atoms with Crippen LogP contribution in [0, 0.1) is 12.8 Å². The Hall–Kier alpha value is -1.14. The van der Waals surface area contributed by atoms with Gasteiger partial charge in [0.1, 0.15) is 0 Å². The Bertz CT molecular complexity index is 670. The molecule has 0 atom stereocenters. The monoisotopic (exact) mass is 366 g/mol. The van der Waals surface area contributed by atoms with Gasteiger partial charge in [-0.25, -0.2) is 4.83 Å². The molecule has 0 saturated heterocycles. The Morgan fingerprint density at radius 3 is 2.25 bits per heavy atom. The average Bonchev–Trinajstić information content (AvgIpc) is 2.52. The van der Waals surface area contributed by atoms with E-state index < -0.39 is 18.1 Å². The molecule has 0 bridgehead atoms. The van der Waals surface area contributed by atoms with E-state index in [2.05, 4.69) is 29.6 Å². The van der Waals surface area contributed by atoms with Crippen LogP contribution >= 0.6 is 0 Å². The fourth-order valence-electron chi connectivity index (χ4n) is 3.07. The quantitative estimate of drug-likeness (QED) is 0.458. The topological polar surface area (TPSA) is 58.5 Å². The van der Waals surface area contributed by atoms with Crippen LogP contribution in [0.25, 0.3) is 0 Å². The molecule has 134 valence electrons. The maximum Gasteiger partial charge on any atom is 0.276 e. The molecule has 0 radical (unpaired) electrons. The van der Waals surface area contributed by atoms with Gasteiger partial charge in [0.05, 0.1) is 13.0 Å². The highest BCUT2D eigenvalue weighted by molar-refractivity contribution is 7.89. The zero-order valence-corrected chi connectivity index (χ0v) is 17.1. The number of nitrogens with one attached hydrogen (secondary N) is 1. The van der Waals surface area contributed by atoms with Crippen LogP contribution in [0.4, 0.5) is 0 Å². The van der Waals surface area contributed by atoms with Gasteiger partial charge in [-0.1, -0.05) is 69.4 Å². The van der Waals surface area contributed by atoms with Gasteiger partial charge >= 0.3 is 0 Å². The Labute approximate surface area is 147 Å². The van der Waals surface area contributed by atoms with E-state index in [1.54, 1.807) is 24.3 Å². The van der Waals surface area contributed by atoms with E-state index in [9.17, 15) is 8.42 Å². The lowest BCUT2D eigenvalue weighted by molar-refractivity contribution is 0.368. The van der Waals surface area contributed by atoms with Crippen LogP contribution in [-0.2, 0) is 10.0 Å². The molecule has 2 rings (SSSR count). The Balaban J connectivity index is 2.15. The van der Waals surface area contributed by atoms with E-state index in [1.165, 1.54) is 32.1 Å². The molecule has 1 saturated carbocycles. The summed E-state index contributed by atoms with van der Waals surface area (Å²) in [5.41, 5.74) is 1.04. The van der Waals surface area contributed by atoms with Crippen LogP contribution in [0.3, 0.4) is 0 Å². The number of aryl methyl sites for hydroxylation is 1. The first-order chi connectivity index (χ1) is 11.2. The zero-order valence-electron chi connectivity index (χ0n) is 15.3. The van der Waals surface area contributed by atoms with Crippen molar-refractivity contribution in [3.8, 4) is 0 Å². The number of rotatable bonds is 6. The highest BCUT2D eigenvalue weighted by atomic mass is 32.2. The highest BCUT2D eigenvalue weighted by Gasteiger charge is 2.26. The second kappa shape index (κ2) is 7.83. The highest BCUT2D eigenvalue weighted by Crippen LogP contribution is 2.28. The molecular formula is C18H30N2O2SSi. The van der Waals surface area contributed by atoms with Crippen LogP contribution in [0.1, 0.15) is 44.1 Å². The second-order valence-corrected chi connectivity index (χ2v) is 14.7. The molecular weight excluding hydrogens is 336 g/mol. The summed E-state index contributed by atoms with van der Waals surface area (Å²) >= 11 is 0. The third-order valence-corrected chi connectivity index (χ3v) is 7.98. The fourth-order valence-corrected chi connectivity index (χ4v) is 5.27. The SMILES string of the molecule is Cc1ccc(S(=O)(=O)N/N=C(/CC2CCCCC2)[Si](C)(C)C)cc1. The van der Waals surface area contributed by atoms with Crippen molar-refractivity contribution in [3.05, 3.63) is 29.8 Å². The first-order valence-corrected chi connectivity index (χ1v) is 13.8. The van der Waals surface area contributed by atoms with Crippen molar-refractivity contribution in [3.63, 3.8) is 0 Å².